The highest BCUT2D eigenvalue weighted by molar-refractivity contribution is 5.43. The Kier molecular flexibility index (Phi) is 5.65. The molecule has 1 aliphatic rings. The van der Waals surface area contributed by atoms with Crippen LogP contribution in [0.25, 0.3) is 0 Å². The van der Waals surface area contributed by atoms with E-state index < -0.39 is 0 Å². The Labute approximate surface area is 122 Å². The van der Waals surface area contributed by atoms with E-state index in [4.69, 9.17) is 4.74 Å². The highest BCUT2D eigenvalue weighted by Gasteiger charge is 2.24. The Bertz CT molecular complexity index is 391. The standard InChI is InChI=1S/C16H27N3O/c1-4-9-19-10-5-6-14(12-19)13(2)18-15-7-8-16(20-3)17-11-15/h7-8,11,13-14,18H,4-6,9-10,12H2,1-3H3. The zero-order valence-corrected chi connectivity index (χ0v) is 12.9. The van der Waals surface area contributed by atoms with E-state index in [1.165, 1.54) is 38.9 Å². The second-order valence-corrected chi connectivity index (χ2v) is 5.73. The lowest BCUT2D eigenvalue weighted by molar-refractivity contribution is 0.165. The molecule has 2 unspecified atom stereocenters. The van der Waals surface area contributed by atoms with Crippen LogP contribution in [0.2, 0.25) is 0 Å². The van der Waals surface area contributed by atoms with Gasteiger partial charge in [-0.25, -0.2) is 4.98 Å². The van der Waals surface area contributed by atoms with Crippen molar-refractivity contribution in [3.8, 4) is 5.88 Å². The number of ether oxygens (including phenoxy) is 1. The Morgan fingerprint density at radius 1 is 1.50 bits per heavy atom. The van der Waals surface area contributed by atoms with Crippen LogP contribution < -0.4 is 10.1 Å². The lowest BCUT2D eigenvalue weighted by Crippen LogP contribution is -2.42. The number of nitrogens with zero attached hydrogens (tertiary/aromatic N) is 2. The quantitative estimate of drug-likeness (QED) is 0.867. The summed E-state index contributed by atoms with van der Waals surface area (Å²) in [6.45, 7) is 8.25. The Balaban J connectivity index is 1.88. The molecule has 2 heterocycles. The first kappa shape index (κ1) is 15.1. The van der Waals surface area contributed by atoms with Crippen molar-refractivity contribution in [1.29, 1.82) is 0 Å². The number of piperidine rings is 1. The van der Waals surface area contributed by atoms with Crippen LogP contribution >= 0.6 is 0 Å². The zero-order valence-electron chi connectivity index (χ0n) is 12.9. The molecule has 0 spiro atoms. The Morgan fingerprint density at radius 3 is 3.00 bits per heavy atom. The molecule has 4 nitrogen and oxygen atoms in total. The summed E-state index contributed by atoms with van der Waals surface area (Å²) in [7, 11) is 1.64. The summed E-state index contributed by atoms with van der Waals surface area (Å²) < 4.78 is 5.09. The second-order valence-electron chi connectivity index (χ2n) is 5.73. The highest BCUT2D eigenvalue weighted by atomic mass is 16.5. The Morgan fingerprint density at radius 2 is 2.35 bits per heavy atom. The minimum Gasteiger partial charge on any atom is -0.481 e. The molecule has 1 saturated heterocycles. The molecular weight excluding hydrogens is 250 g/mol. The van der Waals surface area contributed by atoms with Crippen LogP contribution in [0.5, 0.6) is 5.88 Å². The van der Waals surface area contributed by atoms with Gasteiger partial charge in [0.2, 0.25) is 5.88 Å². The molecule has 0 bridgehead atoms. The van der Waals surface area contributed by atoms with Gasteiger partial charge in [-0.15, -0.1) is 0 Å². The number of methoxy groups -OCH3 is 1. The number of pyridine rings is 1. The molecule has 20 heavy (non-hydrogen) atoms. The summed E-state index contributed by atoms with van der Waals surface area (Å²) in [4.78, 5) is 6.84. The molecule has 1 N–H and O–H groups in total. The largest absolute Gasteiger partial charge is 0.481 e. The topological polar surface area (TPSA) is 37.4 Å². The fourth-order valence-corrected chi connectivity index (χ4v) is 2.99. The SMILES string of the molecule is CCCN1CCCC(C(C)Nc2ccc(OC)nc2)C1. The number of rotatable bonds is 6. The summed E-state index contributed by atoms with van der Waals surface area (Å²) in [6.07, 6.45) is 5.73. The maximum atomic E-state index is 5.09. The van der Waals surface area contributed by atoms with Crippen molar-refractivity contribution in [2.45, 2.75) is 39.2 Å². The van der Waals surface area contributed by atoms with Crippen molar-refractivity contribution in [1.82, 2.24) is 9.88 Å². The maximum Gasteiger partial charge on any atom is 0.213 e. The van der Waals surface area contributed by atoms with E-state index in [0.29, 0.717) is 11.9 Å². The molecule has 0 aromatic carbocycles. The third-order valence-corrected chi connectivity index (χ3v) is 4.13. The lowest BCUT2D eigenvalue weighted by atomic mass is 9.91. The van der Waals surface area contributed by atoms with Gasteiger partial charge in [-0.2, -0.15) is 0 Å². The van der Waals surface area contributed by atoms with Crippen molar-refractivity contribution in [3.63, 3.8) is 0 Å². The molecule has 0 radical (unpaired) electrons. The molecule has 0 saturated carbocycles. The smallest absolute Gasteiger partial charge is 0.213 e. The van der Waals surface area contributed by atoms with E-state index in [0.717, 1.165) is 11.6 Å². The lowest BCUT2D eigenvalue weighted by Gasteiger charge is -2.36. The van der Waals surface area contributed by atoms with Crippen LogP contribution in [0.1, 0.15) is 33.1 Å². The normalized spacial score (nSPS) is 21.4. The van der Waals surface area contributed by atoms with Crippen molar-refractivity contribution in [2.24, 2.45) is 5.92 Å². The van der Waals surface area contributed by atoms with E-state index in [1.807, 2.05) is 18.3 Å². The third kappa shape index (κ3) is 4.10. The van der Waals surface area contributed by atoms with Crippen molar-refractivity contribution in [2.75, 3.05) is 32.1 Å². The zero-order chi connectivity index (χ0) is 14.4. The first-order valence-corrected chi connectivity index (χ1v) is 7.72. The number of aromatic nitrogens is 1. The van der Waals surface area contributed by atoms with E-state index >= 15 is 0 Å². The van der Waals surface area contributed by atoms with Crippen LogP contribution in [0.4, 0.5) is 5.69 Å². The van der Waals surface area contributed by atoms with Gasteiger partial charge >= 0.3 is 0 Å². The van der Waals surface area contributed by atoms with Gasteiger partial charge in [0.05, 0.1) is 19.0 Å². The molecule has 1 fully saturated rings. The Hall–Kier alpha value is -1.29. The molecule has 112 valence electrons. The average molecular weight is 277 g/mol. The van der Waals surface area contributed by atoms with Crippen molar-refractivity contribution in [3.05, 3.63) is 18.3 Å². The van der Waals surface area contributed by atoms with E-state index in [-0.39, 0.29) is 0 Å². The molecule has 1 aromatic heterocycles. The van der Waals surface area contributed by atoms with Crippen molar-refractivity contribution >= 4 is 5.69 Å². The van der Waals surface area contributed by atoms with Gasteiger partial charge < -0.3 is 15.0 Å². The molecule has 1 aliphatic heterocycles. The molecule has 0 aliphatic carbocycles. The van der Waals surface area contributed by atoms with Gasteiger partial charge in [-0.1, -0.05) is 6.92 Å². The minimum absolute atomic E-state index is 0.477. The number of hydrogen-bond donors (Lipinski definition) is 1. The van der Waals surface area contributed by atoms with Crippen LogP contribution in [0.3, 0.4) is 0 Å². The number of anilines is 1. The van der Waals surface area contributed by atoms with Crippen LogP contribution in [-0.4, -0.2) is 42.7 Å². The number of nitrogens with one attached hydrogen (secondary N) is 1. The van der Waals surface area contributed by atoms with Crippen LogP contribution in [0, 0.1) is 5.92 Å². The van der Waals surface area contributed by atoms with Gasteiger partial charge in [0, 0.05) is 18.7 Å². The number of hydrogen-bond acceptors (Lipinski definition) is 4. The molecule has 4 heteroatoms. The van der Waals surface area contributed by atoms with E-state index in [2.05, 4.69) is 29.0 Å². The van der Waals surface area contributed by atoms with Gasteiger partial charge in [-0.3, -0.25) is 0 Å². The predicted molar refractivity (Wildman–Crippen MR) is 83.3 cm³/mol. The van der Waals surface area contributed by atoms with E-state index in [9.17, 15) is 0 Å². The first-order valence-electron chi connectivity index (χ1n) is 7.72. The van der Waals surface area contributed by atoms with Crippen molar-refractivity contribution < 1.29 is 4.74 Å². The fourth-order valence-electron chi connectivity index (χ4n) is 2.99. The first-order chi connectivity index (χ1) is 9.72. The summed E-state index contributed by atoms with van der Waals surface area (Å²) in [5.41, 5.74) is 1.07. The average Bonchev–Trinajstić information content (AvgIpc) is 2.48. The van der Waals surface area contributed by atoms with E-state index in [1.54, 1.807) is 7.11 Å². The monoisotopic (exact) mass is 277 g/mol. The summed E-state index contributed by atoms with van der Waals surface area (Å²) in [6, 6.07) is 4.42. The molecular formula is C16H27N3O. The fraction of sp³-hybridized carbons (Fsp3) is 0.688. The minimum atomic E-state index is 0.477. The van der Waals surface area contributed by atoms with Gasteiger partial charge in [0.25, 0.3) is 0 Å². The predicted octanol–water partition coefficient (Wildman–Crippen LogP) is 3.01. The van der Waals surface area contributed by atoms with Gasteiger partial charge in [0.15, 0.2) is 0 Å². The summed E-state index contributed by atoms with van der Waals surface area (Å²) in [5.74, 6) is 1.38. The van der Waals surface area contributed by atoms with Crippen LogP contribution in [-0.2, 0) is 0 Å². The number of likely N-dealkylation sites (tertiary alicyclic amines) is 1. The molecule has 2 atom stereocenters. The highest BCUT2D eigenvalue weighted by Crippen LogP contribution is 2.22. The molecule has 0 amide bonds. The van der Waals surface area contributed by atoms with Gasteiger partial charge in [-0.05, 0) is 51.3 Å². The molecule has 1 aromatic rings. The maximum absolute atomic E-state index is 5.09. The van der Waals surface area contributed by atoms with Gasteiger partial charge in [0.1, 0.15) is 0 Å². The molecule has 2 rings (SSSR count). The summed E-state index contributed by atoms with van der Waals surface area (Å²) >= 11 is 0. The third-order valence-electron chi connectivity index (χ3n) is 4.13. The second kappa shape index (κ2) is 7.48. The van der Waals surface area contributed by atoms with Crippen LogP contribution in [0.15, 0.2) is 18.3 Å². The summed E-state index contributed by atoms with van der Waals surface area (Å²) in [5, 5.41) is 3.58.